The van der Waals surface area contributed by atoms with E-state index in [-0.39, 0.29) is 5.56 Å². The van der Waals surface area contributed by atoms with Crippen LogP contribution in [0.15, 0.2) is 28.7 Å². The van der Waals surface area contributed by atoms with E-state index in [1.54, 1.807) is 0 Å². The predicted octanol–water partition coefficient (Wildman–Crippen LogP) is 4.25. The number of halogens is 5. The molecule has 21 heavy (non-hydrogen) atoms. The number of hydrogen-bond acceptors (Lipinski definition) is 2. The van der Waals surface area contributed by atoms with Crippen LogP contribution in [0, 0.1) is 23.3 Å². The van der Waals surface area contributed by atoms with E-state index in [1.165, 1.54) is 24.3 Å². The summed E-state index contributed by atoms with van der Waals surface area (Å²) in [7, 11) is 0.858. The summed E-state index contributed by atoms with van der Waals surface area (Å²) < 4.78 is 59.7. The lowest BCUT2D eigenvalue weighted by atomic mass is 10.0. The standard InChI is InChI=1S/C14H7BrF4O2/c1-21-14-11(18)9(16)8(10(17)12(14)19)13(20)6-2-4-7(15)5-3-6/h2-5H,1H3. The summed E-state index contributed by atoms with van der Waals surface area (Å²) in [6, 6.07) is 5.45. The van der Waals surface area contributed by atoms with E-state index in [0.717, 1.165) is 7.11 Å². The Kier molecular flexibility index (Phi) is 4.32. The Bertz CT molecular complexity index is 685. The molecule has 0 spiro atoms. The number of methoxy groups -OCH3 is 1. The number of rotatable bonds is 3. The van der Waals surface area contributed by atoms with Gasteiger partial charge in [0.15, 0.2) is 23.2 Å². The number of benzene rings is 2. The van der Waals surface area contributed by atoms with Crippen molar-refractivity contribution < 1.29 is 27.1 Å². The first kappa shape index (κ1) is 15.5. The van der Waals surface area contributed by atoms with Crippen LogP contribution < -0.4 is 4.74 Å². The van der Waals surface area contributed by atoms with Crippen LogP contribution in [0.5, 0.6) is 5.75 Å². The average Bonchev–Trinajstić information content (AvgIpc) is 2.47. The molecule has 0 amide bonds. The Hall–Kier alpha value is -1.89. The van der Waals surface area contributed by atoms with Crippen LogP contribution >= 0.6 is 15.9 Å². The Morgan fingerprint density at radius 3 is 1.86 bits per heavy atom. The number of carbonyl (C=O) groups is 1. The van der Waals surface area contributed by atoms with Crippen molar-refractivity contribution in [2.75, 3.05) is 7.11 Å². The summed E-state index contributed by atoms with van der Waals surface area (Å²) in [5.74, 6) is -9.47. The average molecular weight is 363 g/mol. The van der Waals surface area contributed by atoms with E-state index >= 15 is 0 Å². The van der Waals surface area contributed by atoms with Gasteiger partial charge < -0.3 is 4.74 Å². The molecule has 0 aliphatic heterocycles. The molecule has 110 valence electrons. The first-order chi connectivity index (χ1) is 9.88. The van der Waals surface area contributed by atoms with Gasteiger partial charge in [0.05, 0.1) is 7.11 Å². The molecule has 0 saturated carbocycles. The maximum Gasteiger partial charge on any atom is 0.204 e. The summed E-state index contributed by atoms with van der Waals surface area (Å²) in [5, 5.41) is 0. The van der Waals surface area contributed by atoms with Crippen molar-refractivity contribution in [2.45, 2.75) is 0 Å². The second-order valence-corrected chi connectivity index (χ2v) is 4.92. The first-order valence-electron chi connectivity index (χ1n) is 5.58. The van der Waals surface area contributed by atoms with Crippen LogP contribution in [0.1, 0.15) is 15.9 Å². The molecule has 0 aliphatic carbocycles. The van der Waals surface area contributed by atoms with Gasteiger partial charge in [-0.05, 0) is 24.3 Å². The summed E-state index contributed by atoms with van der Waals surface area (Å²) in [4.78, 5) is 12.0. The van der Waals surface area contributed by atoms with Crippen LogP contribution in [-0.4, -0.2) is 12.9 Å². The third kappa shape index (κ3) is 2.65. The minimum Gasteiger partial charge on any atom is -0.491 e. The predicted molar refractivity (Wildman–Crippen MR) is 70.4 cm³/mol. The highest BCUT2D eigenvalue weighted by atomic mass is 79.9. The number of ether oxygens (including phenoxy) is 1. The van der Waals surface area contributed by atoms with Gasteiger partial charge in [-0.15, -0.1) is 0 Å². The van der Waals surface area contributed by atoms with Crippen molar-refractivity contribution in [3.63, 3.8) is 0 Å². The zero-order chi connectivity index (χ0) is 15.7. The van der Waals surface area contributed by atoms with E-state index in [4.69, 9.17) is 0 Å². The molecular formula is C14H7BrF4O2. The second-order valence-electron chi connectivity index (χ2n) is 4.00. The Morgan fingerprint density at radius 2 is 1.43 bits per heavy atom. The first-order valence-corrected chi connectivity index (χ1v) is 6.38. The van der Waals surface area contributed by atoms with Crippen LogP contribution in [0.3, 0.4) is 0 Å². The van der Waals surface area contributed by atoms with Gasteiger partial charge in [0.25, 0.3) is 0 Å². The zero-order valence-corrected chi connectivity index (χ0v) is 12.1. The number of carbonyl (C=O) groups excluding carboxylic acids is 1. The summed E-state index contributed by atoms with van der Waals surface area (Å²) >= 11 is 3.13. The highest BCUT2D eigenvalue weighted by Crippen LogP contribution is 2.31. The quantitative estimate of drug-likeness (QED) is 0.463. The summed E-state index contributed by atoms with van der Waals surface area (Å²) in [5.41, 5.74) is -1.41. The fourth-order valence-electron chi connectivity index (χ4n) is 1.74. The molecule has 2 aromatic carbocycles. The lowest BCUT2D eigenvalue weighted by Crippen LogP contribution is -2.13. The molecule has 0 radical (unpaired) electrons. The fourth-order valence-corrected chi connectivity index (χ4v) is 2.00. The maximum absolute atomic E-state index is 13.8. The van der Waals surface area contributed by atoms with E-state index in [2.05, 4.69) is 20.7 Å². The van der Waals surface area contributed by atoms with Gasteiger partial charge >= 0.3 is 0 Å². The Labute approximate surface area is 125 Å². The van der Waals surface area contributed by atoms with Gasteiger partial charge in [-0.1, -0.05) is 15.9 Å². The van der Waals surface area contributed by atoms with Crippen molar-refractivity contribution in [2.24, 2.45) is 0 Å². The van der Waals surface area contributed by atoms with Crippen LogP contribution in [-0.2, 0) is 0 Å². The fraction of sp³-hybridized carbons (Fsp3) is 0.0714. The SMILES string of the molecule is COc1c(F)c(F)c(C(=O)c2ccc(Br)cc2)c(F)c1F. The number of ketones is 1. The largest absolute Gasteiger partial charge is 0.491 e. The molecule has 7 heteroatoms. The minimum atomic E-state index is -1.79. The molecule has 0 aliphatic rings. The van der Waals surface area contributed by atoms with Crippen molar-refractivity contribution in [3.05, 3.63) is 63.1 Å². The van der Waals surface area contributed by atoms with Gasteiger partial charge in [0, 0.05) is 10.0 Å². The lowest BCUT2D eigenvalue weighted by molar-refractivity contribution is 0.102. The Balaban J connectivity index is 2.64. The minimum absolute atomic E-state index is 0.111. The zero-order valence-electron chi connectivity index (χ0n) is 10.5. The van der Waals surface area contributed by atoms with Gasteiger partial charge in [-0.25, -0.2) is 8.78 Å². The van der Waals surface area contributed by atoms with Crippen molar-refractivity contribution >= 4 is 21.7 Å². The smallest absolute Gasteiger partial charge is 0.204 e. The van der Waals surface area contributed by atoms with Crippen LogP contribution in [0.2, 0.25) is 0 Å². The molecule has 0 bridgehead atoms. The molecular weight excluding hydrogens is 356 g/mol. The van der Waals surface area contributed by atoms with Gasteiger partial charge in [0.2, 0.25) is 11.6 Å². The van der Waals surface area contributed by atoms with E-state index in [1.807, 2.05) is 0 Å². The van der Waals surface area contributed by atoms with Gasteiger partial charge in [0.1, 0.15) is 5.56 Å². The summed E-state index contributed by atoms with van der Waals surface area (Å²) in [6.45, 7) is 0. The molecule has 0 aromatic heterocycles. The van der Waals surface area contributed by atoms with E-state index in [9.17, 15) is 22.4 Å². The summed E-state index contributed by atoms with van der Waals surface area (Å²) in [6.07, 6.45) is 0. The number of hydrogen-bond donors (Lipinski definition) is 0. The lowest BCUT2D eigenvalue weighted by Gasteiger charge is -2.10. The van der Waals surface area contributed by atoms with Gasteiger partial charge in [-0.2, -0.15) is 8.78 Å². The maximum atomic E-state index is 13.8. The third-order valence-corrected chi connectivity index (χ3v) is 3.29. The van der Waals surface area contributed by atoms with Crippen LogP contribution in [0.4, 0.5) is 17.6 Å². The molecule has 2 nitrogen and oxygen atoms in total. The van der Waals surface area contributed by atoms with Crippen molar-refractivity contribution in [1.82, 2.24) is 0 Å². The Morgan fingerprint density at radius 1 is 0.952 bits per heavy atom. The molecule has 0 fully saturated rings. The normalized spacial score (nSPS) is 10.6. The van der Waals surface area contributed by atoms with Crippen LogP contribution in [0.25, 0.3) is 0 Å². The molecule has 2 rings (SSSR count). The third-order valence-electron chi connectivity index (χ3n) is 2.76. The van der Waals surface area contributed by atoms with Gasteiger partial charge in [-0.3, -0.25) is 4.79 Å². The monoisotopic (exact) mass is 362 g/mol. The highest BCUT2D eigenvalue weighted by Gasteiger charge is 2.30. The molecule has 0 heterocycles. The molecule has 0 saturated heterocycles. The topological polar surface area (TPSA) is 26.3 Å². The molecule has 0 atom stereocenters. The van der Waals surface area contributed by atoms with Crippen molar-refractivity contribution in [1.29, 1.82) is 0 Å². The van der Waals surface area contributed by atoms with E-state index < -0.39 is 40.4 Å². The molecule has 0 unspecified atom stereocenters. The highest BCUT2D eigenvalue weighted by molar-refractivity contribution is 9.10. The van der Waals surface area contributed by atoms with Crippen molar-refractivity contribution in [3.8, 4) is 5.75 Å². The van der Waals surface area contributed by atoms with E-state index in [0.29, 0.717) is 4.47 Å². The second kappa shape index (κ2) is 5.85. The molecule has 0 N–H and O–H groups in total. The molecule has 2 aromatic rings.